The predicted molar refractivity (Wildman–Crippen MR) is 119 cm³/mol. The molecule has 0 radical (unpaired) electrons. The van der Waals surface area contributed by atoms with E-state index in [2.05, 4.69) is 14.8 Å². The topological polar surface area (TPSA) is 102 Å². The lowest BCUT2D eigenvalue weighted by molar-refractivity contribution is 0.415. The zero-order valence-electron chi connectivity index (χ0n) is 17.4. The van der Waals surface area contributed by atoms with Gasteiger partial charge >= 0.3 is 0 Å². The van der Waals surface area contributed by atoms with Crippen LogP contribution in [0.3, 0.4) is 0 Å². The first-order valence-corrected chi connectivity index (χ1v) is 11.2. The van der Waals surface area contributed by atoms with Gasteiger partial charge in [-0.05, 0) is 55.5 Å². The molecule has 8 nitrogen and oxygen atoms in total. The molecule has 0 unspecified atom stereocenters. The summed E-state index contributed by atoms with van der Waals surface area (Å²) < 4.78 is 37.2. The normalized spacial score (nSPS) is 14.2. The first-order valence-electron chi connectivity index (χ1n) is 9.62. The molecule has 2 N–H and O–H groups in total. The van der Waals surface area contributed by atoms with Crippen molar-refractivity contribution in [1.82, 2.24) is 19.5 Å². The first kappa shape index (κ1) is 20.8. The smallest absolute Gasteiger partial charge is 0.138 e. The molecule has 2 atom stereocenters. The number of pyridine rings is 1. The fraction of sp³-hybridized carbons (Fsp3) is 0.182. The molecule has 31 heavy (non-hydrogen) atoms. The monoisotopic (exact) mass is 437 g/mol. The summed E-state index contributed by atoms with van der Waals surface area (Å²) in [6.45, 7) is 1.85. The zero-order chi connectivity index (χ0) is 22.0. The van der Waals surface area contributed by atoms with Gasteiger partial charge in [-0.15, -0.1) is 0 Å². The molecule has 4 rings (SSSR count). The van der Waals surface area contributed by atoms with Crippen molar-refractivity contribution in [2.75, 3.05) is 7.11 Å². The van der Waals surface area contributed by atoms with Crippen molar-refractivity contribution in [2.24, 2.45) is 7.05 Å². The van der Waals surface area contributed by atoms with Gasteiger partial charge in [0.2, 0.25) is 0 Å². The number of rotatable bonds is 7. The third kappa shape index (κ3) is 4.37. The highest BCUT2D eigenvalue weighted by Gasteiger charge is 2.17. The van der Waals surface area contributed by atoms with Crippen LogP contribution >= 0.6 is 0 Å². The number of aromatic nitrogens is 3. The molecule has 2 aromatic heterocycles. The average Bonchev–Trinajstić information content (AvgIpc) is 3.20. The summed E-state index contributed by atoms with van der Waals surface area (Å²) in [5.74, 6) is 1.94. The molecule has 160 valence electrons. The van der Waals surface area contributed by atoms with Crippen LogP contribution in [0, 0.1) is 4.78 Å². The quantitative estimate of drug-likeness (QED) is 0.445. The van der Waals surface area contributed by atoms with Crippen LogP contribution in [-0.2, 0) is 17.0 Å². The van der Waals surface area contributed by atoms with E-state index in [1.54, 1.807) is 54.5 Å². The number of methoxy groups -OCH3 is 1. The largest absolute Gasteiger partial charge is 0.497 e. The number of hydrogen-bond donors (Lipinski definition) is 2. The Balaban J connectivity index is 1.53. The first-order chi connectivity index (χ1) is 14.9. The van der Waals surface area contributed by atoms with Gasteiger partial charge in [0.15, 0.2) is 0 Å². The lowest BCUT2D eigenvalue weighted by atomic mass is 10.2. The standard InChI is InChI=1S/C22H23N5O3S/c1-15(21-10-13-25-27(21)2)26-31(23,28)18-7-4-16(5-8-18)30-22-11-12-24-20-14-17(29-3)6-9-19(20)22/h4-15H,1-3H3,(H2,23,26,28)/t15-,31+/m0/s1. The fourth-order valence-electron chi connectivity index (χ4n) is 3.33. The Morgan fingerprint density at radius 2 is 1.81 bits per heavy atom. The summed E-state index contributed by atoms with van der Waals surface area (Å²) in [6, 6.07) is 15.6. The summed E-state index contributed by atoms with van der Waals surface area (Å²) >= 11 is 0. The molecule has 2 aromatic carbocycles. The average molecular weight is 438 g/mol. The number of nitrogens with zero attached hydrogens (tertiary/aromatic N) is 3. The Kier molecular flexibility index (Phi) is 5.62. The molecule has 0 aliphatic carbocycles. The summed E-state index contributed by atoms with van der Waals surface area (Å²) in [6.07, 6.45) is 3.34. The van der Waals surface area contributed by atoms with Gasteiger partial charge < -0.3 is 9.47 Å². The number of aryl methyl sites for hydroxylation is 1. The Labute approximate surface area is 180 Å². The maximum absolute atomic E-state index is 13.0. The third-order valence-electron chi connectivity index (χ3n) is 4.94. The van der Waals surface area contributed by atoms with Crippen molar-refractivity contribution >= 4 is 20.8 Å². The Morgan fingerprint density at radius 1 is 1.06 bits per heavy atom. The van der Waals surface area contributed by atoms with E-state index in [4.69, 9.17) is 14.3 Å². The van der Waals surface area contributed by atoms with E-state index >= 15 is 0 Å². The van der Waals surface area contributed by atoms with E-state index in [9.17, 15) is 4.21 Å². The molecule has 0 saturated heterocycles. The molecule has 4 aromatic rings. The van der Waals surface area contributed by atoms with Crippen molar-refractivity contribution in [2.45, 2.75) is 17.9 Å². The van der Waals surface area contributed by atoms with Crippen LogP contribution in [0.2, 0.25) is 0 Å². The zero-order valence-corrected chi connectivity index (χ0v) is 18.2. The summed E-state index contributed by atoms with van der Waals surface area (Å²) in [5.41, 5.74) is 1.61. The fourth-order valence-corrected chi connectivity index (χ4v) is 4.60. The van der Waals surface area contributed by atoms with E-state index < -0.39 is 9.92 Å². The Morgan fingerprint density at radius 3 is 2.48 bits per heavy atom. The Hall–Kier alpha value is -3.43. The molecule has 0 amide bonds. The summed E-state index contributed by atoms with van der Waals surface area (Å²) in [5, 5.41) is 4.97. The number of ether oxygens (including phenoxy) is 2. The van der Waals surface area contributed by atoms with E-state index in [-0.39, 0.29) is 6.04 Å². The minimum absolute atomic E-state index is 0.298. The van der Waals surface area contributed by atoms with Crippen LogP contribution in [0.1, 0.15) is 18.7 Å². The van der Waals surface area contributed by atoms with Crippen molar-refractivity contribution in [3.05, 3.63) is 72.7 Å². The maximum atomic E-state index is 13.0. The number of benzene rings is 2. The second kappa shape index (κ2) is 8.37. The van der Waals surface area contributed by atoms with Gasteiger partial charge in [0, 0.05) is 30.9 Å². The Bertz CT molecular complexity index is 1320. The predicted octanol–water partition coefficient (Wildman–Crippen LogP) is 4.44. The molecule has 0 spiro atoms. The van der Waals surface area contributed by atoms with Gasteiger partial charge in [-0.3, -0.25) is 9.67 Å². The molecule has 9 heteroatoms. The van der Waals surface area contributed by atoms with Gasteiger partial charge in [-0.2, -0.15) is 5.10 Å². The molecular formula is C22H23N5O3S. The highest BCUT2D eigenvalue weighted by molar-refractivity contribution is 7.90. The van der Waals surface area contributed by atoms with Crippen molar-refractivity contribution in [3.63, 3.8) is 0 Å². The lowest BCUT2D eigenvalue weighted by Crippen LogP contribution is -2.27. The number of nitrogens with one attached hydrogen (secondary N) is 2. The number of fused-ring (bicyclic) bond motifs is 1. The maximum Gasteiger partial charge on any atom is 0.138 e. The van der Waals surface area contributed by atoms with Gasteiger partial charge in [0.1, 0.15) is 27.2 Å². The highest BCUT2D eigenvalue weighted by atomic mass is 32.2. The molecule has 0 aliphatic rings. The van der Waals surface area contributed by atoms with E-state index in [0.29, 0.717) is 16.4 Å². The van der Waals surface area contributed by atoms with Gasteiger partial charge in [0.25, 0.3) is 0 Å². The van der Waals surface area contributed by atoms with Crippen LogP contribution in [0.15, 0.2) is 71.9 Å². The van der Waals surface area contributed by atoms with E-state index in [1.807, 2.05) is 38.2 Å². The minimum Gasteiger partial charge on any atom is -0.497 e. The molecule has 2 heterocycles. The third-order valence-corrected chi connectivity index (χ3v) is 6.56. The van der Waals surface area contributed by atoms with Crippen molar-refractivity contribution in [3.8, 4) is 17.2 Å². The van der Waals surface area contributed by atoms with Crippen molar-refractivity contribution in [1.29, 1.82) is 4.78 Å². The van der Waals surface area contributed by atoms with Crippen LogP contribution in [-0.4, -0.2) is 26.1 Å². The SMILES string of the molecule is COc1ccc2c(Oc3ccc([S@](=N)(=O)N[C@@H](C)c4ccnn4C)cc3)ccnc2c1. The van der Waals surface area contributed by atoms with E-state index in [1.165, 1.54) is 0 Å². The summed E-state index contributed by atoms with van der Waals surface area (Å²) in [4.78, 5) is 4.73. The summed E-state index contributed by atoms with van der Waals surface area (Å²) in [7, 11) is 0.216. The molecule has 0 aliphatic heterocycles. The van der Waals surface area contributed by atoms with Gasteiger partial charge in [-0.25, -0.2) is 13.7 Å². The van der Waals surface area contributed by atoms with Crippen LogP contribution in [0.25, 0.3) is 10.9 Å². The molecule has 0 fully saturated rings. The van der Waals surface area contributed by atoms with Crippen molar-refractivity contribution < 1.29 is 13.7 Å². The van der Waals surface area contributed by atoms with Crippen LogP contribution < -0.4 is 14.2 Å². The van der Waals surface area contributed by atoms with Crippen LogP contribution in [0.4, 0.5) is 0 Å². The minimum atomic E-state index is -3.20. The van der Waals surface area contributed by atoms with E-state index in [0.717, 1.165) is 22.3 Å². The second-order valence-corrected chi connectivity index (χ2v) is 8.86. The molecule has 0 saturated carbocycles. The lowest BCUT2D eigenvalue weighted by Gasteiger charge is -2.17. The molecule has 0 bridgehead atoms. The van der Waals surface area contributed by atoms with Crippen LogP contribution in [0.5, 0.6) is 17.2 Å². The molecular weight excluding hydrogens is 414 g/mol. The van der Waals surface area contributed by atoms with Gasteiger partial charge in [0.05, 0.1) is 29.3 Å². The second-order valence-electron chi connectivity index (χ2n) is 7.04. The highest BCUT2D eigenvalue weighted by Crippen LogP contribution is 2.31. The number of hydrogen-bond acceptors (Lipinski definition) is 6. The van der Waals surface area contributed by atoms with Gasteiger partial charge in [-0.1, -0.05) is 0 Å².